The summed E-state index contributed by atoms with van der Waals surface area (Å²) in [4.78, 5) is 9.93. The SMILES string of the molecule is CC.CNCCCCCCCC=O. The van der Waals surface area contributed by atoms with E-state index in [1.165, 1.54) is 25.7 Å². The molecular weight excluding hydrogens is 162 g/mol. The second-order valence-electron chi connectivity index (χ2n) is 2.83. The van der Waals surface area contributed by atoms with Crippen molar-refractivity contribution in [3.8, 4) is 0 Å². The van der Waals surface area contributed by atoms with Gasteiger partial charge in [-0.15, -0.1) is 0 Å². The summed E-state index contributed by atoms with van der Waals surface area (Å²) in [5.74, 6) is 0. The molecule has 2 nitrogen and oxygen atoms in total. The number of carbonyl (C=O) groups excluding carboxylic acids is 1. The largest absolute Gasteiger partial charge is 0.320 e. The molecule has 0 aliphatic carbocycles. The lowest BCUT2D eigenvalue weighted by Crippen LogP contribution is -2.06. The Labute approximate surface area is 83.1 Å². The lowest BCUT2D eigenvalue weighted by Gasteiger charge is -1.98. The summed E-state index contributed by atoms with van der Waals surface area (Å²) in [6, 6.07) is 0. The van der Waals surface area contributed by atoms with Gasteiger partial charge < -0.3 is 10.1 Å². The van der Waals surface area contributed by atoms with E-state index in [4.69, 9.17) is 0 Å². The predicted molar refractivity (Wildman–Crippen MR) is 59.0 cm³/mol. The van der Waals surface area contributed by atoms with Crippen LogP contribution < -0.4 is 5.32 Å². The zero-order valence-corrected chi connectivity index (χ0v) is 9.44. The Balaban J connectivity index is 0. The van der Waals surface area contributed by atoms with E-state index in [2.05, 4.69) is 5.32 Å². The van der Waals surface area contributed by atoms with Crippen LogP contribution in [0, 0.1) is 0 Å². The molecule has 0 saturated heterocycles. The van der Waals surface area contributed by atoms with Crippen LogP contribution >= 0.6 is 0 Å². The van der Waals surface area contributed by atoms with Crippen LogP contribution in [0.4, 0.5) is 0 Å². The fourth-order valence-corrected chi connectivity index (χ4v) is 1.06. The van der Waals surface area contributed by atoms with Crippen molar-refractivity contribution in [3.05, 3.63) is 0 Å². The average Bonchev–Trinajstić information content (AvgIpc) is 2.20. The molecule has 0 aliphatic heterocycles. The maximum absolute atomic E-state index is 9.93. The Morgan fingerprint density at radius 2 is 1.54 bits per heavy atom. The molecule has 0 spiro atoms. The first kappa shape index (κ1) is 15.1. The van der Waals surface area contributed by atoms with Crippen LogP contribution in [-0.2, 0) is 4.79 Å². The van der Waals surface area contributed by atoms with Gasteiger partial charge in [0.2, 0.25) is 0 Å². The van der Waals surface area contributed by atoms with Crippen LogP contribution in [-0.4, -0.2) is 19.9 Å². The van der Waals surface area contributed by atoms with Crippen LogP contribution in [0.15, 0.2) is 0 Å². The van der Waals surface area contributed by atoms with E-state index in [0.29, 0.717) is 0 Å². The second kappa shape index (κ2) is 17.6. The molecule has 0 amide bonds. The van der Waals surface area contributed by atoms with Crippen molar-refractivity contribution in [2.45, 2.75) is 52.4 Å². The normalized spacial score (nSPS) is 8.85. The molecule has 0 aromatic heterocycles. The van der Waals surface area contributed by atoms with Gasteiger partial charge in [0.25, 0.3) is 0 Å². The van der Waals surface area contributed by atoms with Crippen molar-refractivity contribution in [1.82, 2.24) is 5.32 Å². The van der Waals surface area contributed by atoms with Gasteiger partial charge in [-0.05, 0) is 26.4 Å². The van der Waals surface area contributed by atoms with Crippen LogP contribution in [0.1, 0.15) is 52.4 Å². The van der Waals surface area contributed by atoms with Crippen molar-refractivity contribution in [1.29, 1.82) is 0 Å². The Kier molecular flexibility index (Phi) is 20.5. The van der Waals surface area contributed by atoms with E-state index in [0.717, 1.165) is 25.7 Å². The molecule has 0 rings (SSSR count). The zero-order chi connectivity index (χ0) is 10.4. The van der Waals surface area contributed by atoms with Gasteiger partial charge in [0.15, 0.2) is 0 Å². The molecule has 0 radical (unpaired) electrons. The van der Waals surface area contributed by atoms with Crippen LogP contribution in [0.25, 0.3) is 0 Å². The molecule has 0 aromatic carbocycles. The summed E-state index contributed by atoms with van der Waals surface area (Å²) in [5.41, 5.74) is 0. The monoisotopic (exact) mass is 187 g/mol. The summed E-state index contributed by atoms with van der Waals surface area (Å²) in [5, 5.41) is 3.11. The summed E-state index contributed by atoms with van der Waals surface area (Å²) in [6.45, 7) is 5.12. The third kappa shape index (κ3) is 18.5. The van der Waals surface area contributed by atoms with Gasteiger partial charge in [-0.2, -0.15) is 0 Å². The van der Waals surface area contributed by atoms with E-state index >= 15 is 0 Å². The van der Waals surface area contributed by atoms with E-state index in [9.17, 15) is 4.79 Å². The summed E-state index contributed by atoms with van der Waals surface area (Å²) in [7, 11) is 1.98. The minimum absolute atomic E-state index is 0.742. The van der Waals surface area contributed by atoms with Crippen molar-refractivity contribution in [3.63, 3.8) is 0 Å². The van der Waals surface area contributed by atoms with Crippen LogP contribution in [0.2, 0.25) is 0 Å². The Morgan fingerprint density at radius 3 is 2.08 bits per heavy atom. The fourth-order valence-electron chi connectivity index (χ4n) is 1.06. The molecule has 80 valence electrons. The molecule has 2 heteroatoms. The number of unbranched alkanes of at least 4 members (excludes halogenated alkanes) is 5. The number of hydrogen-bond donors (Lipinski definition) is 1. The first-order valence-corrected chi connectivity index (χ1v) is 5.50. The third-order valence-electron chi connectivity index (χ3n) is 1.75. The lowest BCUT2D eigenvalue weighted by molar-refractivity contribution is -0.107. The van der Waals surface area contributed by atoms with Crippen molar-refractivity contribution in [2.75, 3.05) is 13.6 Å². The number of rotatable bonds is 8. The topological polar surface area (TPSA) is 29.1 Å². The highest BCUT2D eigenvalue weighted by Crippen LogP contribution is 2.03. The molecule has 0 fully saturated rings. The molecule has 0 unspecified atom stereocenters. The van der Waals surface area contributed by atoms with Gasteiger partial charge in [0.05, 0.1) is 0 Å². The molecule has 0 bridgehead atoms. The quantitative estimate of drug-likeness (QED) is 0.467. The van der Waals surface area contributed by atoms with Gasteiger partial charge in [-0.1, -0.05) is 33.1 Å². The lowest BCUT2D eigenvalue weighted by atomic mass is 10.1. The minimum Gasteiger partial charge on any atom is -0.320 e. The zero-order valence-electron chi connectivity index (χ0n) is 9.44. The minimum atomic E-state index is 0.742. The molecule has 0 heterocycles. The number of hydrogen-bond acceptors (Lipinski definition) is 2. The van der Waals surface area contributed by atoms with Gasteiger partial charge in [0, 0.05) is 6.42 Å². The highest BCUT2D eigenvalue weighted by atomic mass is 16.1. The van der Waals surface area contributed by atoms with E-state index in [1.54, 1.807) is 0 Å². The maximum atomic E-state index is 9.93. The maximum Gasteiger partial charge on any atom is 0.119 e. The number of aldehydes is 1. The van der Waals surface area contributed by atoms with Crippen LogP contribution in [0.3, 0.4) is 0 Å². The number of carbonyl (C=O) groups is 1. The van der Waals surface area contributed by atoms with Crippen molar-refractivity contribution < 1.29 is 4.79 Å². The van der Waals surface area contributed by atoms with E-state index < -0.39 is 0 Å². The Bertz CT molecular complexity index is 84.2. The predicted octanol–water partition coefficient (Wildman–Crippen LogP) is 2.77. The van der Waals surface area contributed by atoms with Crippen LogP contribution in [0.5, 0.6) is 0 Å². The highest BCUT2D eigenvalue weighted by Gasteiger charge is 1.88. The smallest absolute Gasteiger partial charge is 0.119 e. The van der Waals surface area contributed by atoms with Gasteiger partial charge >= 0.3 is 0 Å². The Hall–Kier alpha value is -0.370. The van der Waals surface area contributed by atoms with Crippen molar-refractivity contribution >= 4 is 6.29 Å². The molecule has 13 heavy (non-hydrogen) atoms. The Morgan fingerprint density at radius 1 is 1.00 bits per heavy atom. The van der Waals surface area contributed by atoms with E-state index in [1.807, 2.05) is 20.9 Å². The first-order chi connectivity index (χ1) is 6.41. The second-order valence-corrected chi connectivity index (χ2v) is 2.83. The molecule has 0 aromatic rings. The summed E-state index contributed by atoms with van der Waals surface area (Å²) < 4.78 is 0. The first-order valence-electron chi connectivity index (χ1n) is 5.50. The standard InChI is InChI=1S/C9H19NO.C2H6/c1-10-8-6-4-2-3-5-7-9-11;1-2/h9-10H,2-8H2,1H3;1-2H3. The molecule has 0 saturated carbocycles. The van der Waals surface area contributed by atoms with Gasteiger partial charge in [-0.3, -0.25) is 0 Å². The molecule has 1 N–H and O–H groups in total. The van der Waals surface area contributed by atoms with Crippen molar-refractivity contribution in [2.24, 2.45) is 0 Å². The van der Waals surface area contributed by atoms with E-state index in [-0.39, 0.29) is 0 Å². The molecule has 0 aliphatic rings. The van der Waals surface area contributed by atoms with Gasteiger partial charge in [0.1, 0.15) is 6.29 Å². The summed E-state index contributed by atoms with van der Waals surface area (Å²) >= 11 is 0. The highest BCUT2D eigenvalue weighted by molar-refractivity contribution is 5.48. The fraction of sp³-hybridized carbons (Fsp3) is 0.909. The molecular formula is C11H25NO. The number of nitrogens with one attached hydrogen (secondary N) is 1. The average molecular weight is 187 g/mol. The molecule has 0 atom stereocenters. The summed E-state index contributed by atoms with van der Waals surface area (Å²) in [6.07, 6.45) is 7.86. The van der Waals surface area contributed by atoms with Gasteiger partial charge in [-0.25, -0.2) is 0 Å². The third-order valence-corrected chi connectivity index (χ3v) is 1.75.